The number of aryl methyl sites for hydroxylation is 2. The van der Waals surface area contributed by atoms with Gasteiger partial charge in [-0.3, -0.25) is 9.48 Å². The van der Waals surface area contributed by atoms with Crippen molar-refractivity contribution in [3.8, 4) is 0 Å². The van der Waals surface area contributed by atoms with Crippen LogP contribution in [0.15, 0.2) is 24.4 Å². The van der Waals surface area contributed by atoms with Crippen LogP contribution in [0.4, 0.5) is 24.7 Å². The fourth-order valence-electron chi connectivity index (χ4n) is 6.38. The molecule has 1 amide bonds. The second-order valence-corrected chi connectivity index (χ2v) is 12.1. The molecular weight excluding hydrogens is 541 g/mol. The first-order valence-corrected chi connectivity index (χ1v) is 15.3. The number of carbonyl (C=O) groups excluding carboxylic acids is 1. The van der Waals surface area contributed by atoms with Gasteiger partial charge < -0.3 is 16.4 Å². The number of hydrogen-bond acceptors (Lipinski definition) is 5. The quantitative estimate of drug-likeness (QED) is 0.189. The standard InChI is InChI=1S/C32H45F3N6O/c1-5-6-7-8-9-10-11-12-21-13-14-25-28(24(36)19-26(38-25)32(33,34)35)27(21)22-15-17-31(2,18-16-22)39-30(42)23-20-41(4)40-29(23)37-3/h13-14,19-20,22H,5-12,15-18H2,1-4H3,(H2,36,38)(H,37,40)(H,39,42). The van der Waals surface area contributed by atoms with Gasteiger partial charge in [0.15, 0.2) is 5.82 Å². The lowest BCUT2D eigenvalue weighted by molar-refractivity contribution is -0.140. The molecule has 3 aromatic rings. The maximum absolute atomic E-state index is 13.5. The van der Waals surface area contributed by atoms with Gasteiger partial charge in [0.05, 0.1) is 5.52 Å². The van der Waals surface area contributed by atoms with Crippen molar-refractivity contribution in [1.29, 1.82) is 0 Å². The van der Waals surface area contributed by atoms with Crippen molar-refractivity contribution in [1.82, 2.24) is 20.1 Å². The maximum Gasteiger partial charge on any atom is 0.433 e. The van der Waals surface area contributed by atoms with Crippen molar-refractivity contribution in [2.75, 3.05) is 18.1 Å². The number of nitrogens with two attached hydrogens (primary N) is 1. The molecule has 1 aliphatic carbocycles. The zero-order valence-electron chi connectivity index (χ0n) is 25.3. The van der Waals surface area contributed by atoms with E-state index in [1.165, 1.54) is 32.1 Å². The molecular formula is C32H45F3N6O. The van der Waals surface area contributed by atoms with Gasteiger partial charge >= 0.3 is 6.18 Å². The number of halogens is 3. The van der Waals surface area contributed by atoms with E-state index in [0.29, 0.717) is 22.3 Å². The monoisotopic (exact) mass is 586 g/mol. The minimum Gasteiger partial charge on any atom is -0.398 e. The lowest BCUT2D eigenvalue weighted by Crippen LogP contribution is -2.48. The molecule has 0 atom stereocenters. The Kier molecular flexibility index (Phi) is 10.0. The number of anilines is 2. The first kappa shape index (κ1) is 31.6. The highest BCUT2D eigenvalue weighted by atomic mass is 19.4. The lowest BCUT2D eigenvalue weighted by Gasteiger charge is -2.39. The van der Waals surface area contributed by atoms with Gasteiger partial charge in [-0.05, 0) is 74.6 Å². The summed E-state index contributed by atoms with van der Waals surface area (Å²) in [4.78, 5) is 17.1. The molecule has 1 fully saturated rings. The molecule has 4 rings (SSSR count). The number of hydrogen-bond donors (Lipinski definition) is 3. The van der Waals surface area contributed by atoms with Gasteiger partial charge in [0.2, 0.25) is 0 Å². The summed E-state index contributed by atoms with van der Waals surface area (Å²) in [5, 5.41) is 11.1. The number of alkyl halides is 3. The molecule has 0 unspecified atom stereocenters. The Hall–Kier alpha value is -3.30. The summed E-state index contributed by atoms with van der Waals surface area (Å²) in [7, 11) is 3.51. The van der Waals surface area contributed by atoms with E-state index in [1.54, 1.807) is 31.0 Å². The Morgan fingerprint density at radius 1 is 1.12 bits per heavy atom. The van der Waals surface area contributed by atoms with Gasteiger partial charge in [-0.2, -0.15) is 18.3 Å². The molecule has 0 aliphatic heterocycles. The minimum atomic E-state index is -4.56. The number of aromatic nitrogens is 3. The SMILES string of the molecule is CCCCCCCCCc1ccc2nc(C(F)(F)F)cc(N)c2c1C1CCC(C)(NC(=O)c2cn(C)nc2NC)CC1. The highest BCUT2D eigenvalue weighted by molar-refractivity contribution is 5.99. The van der Waals surface area contributed by atoms with Crippen LogP contribution in [0.3, 0.4) is 0 Å². The summed E-state index contributed by atoms with van der Waals surface area (Å²) in [5.41, 5.74) is 8.08. The Labute approximate surface area is 246 Å². The number of amides is 1. The smallest absolute Gasteiger partial charge is 0.398 e. The Balaban J connectivity index is 1.56. The number of nitrogens with one attached hydrogen (secondary N) is 2. The van der Waals surface area contributed by atoms with Crippen LogP contribution in [0.25, 0.3) is 10.9 Å². The van der Waals surface area contributed by atoms with E-state index in [1.807, 2.05) is 6.07 Å². The van der Waals surface area contributed by atoms with Gasteiger partial charge in [0, 0.05) is 36.9 Å². The molecule has 4 N–H and O–H groups in total. The predicted octanol–water partition coefficient (Wildman–Crippen LogP) is 7.75. The molecule has 2 aromatic heterocycles. The van der Waals surface area contributed by atoms with Gasteiger partial charge in [-0.25, -0.2) is 4.98 Å². The van der Waals surface area contributed by atoms with E-state index in [-0.39, 0.29) is 17.5 Å². The van der Waals surface area contributed by atoms with E-state index in [2.05, 4.69) is 34.6 Å². The molecule has 0 radical (unpaired) electrons. The third-order valence-corrected chi connectivity index (χ3v) is 8.70. The second-order valence-electron chi connectivity index (χ2n) is 12.1. The van der Waals surface area contributed by atoms with E-state index in [0.717, 1.165) is 62.1 Å². The largest absolute Gasteiger partial charge is 0.433 e. The molecule has 0 bridgehead atoms. The Morgan fingerprint density at radius 3 is 2.43 bits per heavy atom. The summed E-state index contributed by atoms with van der Waals surface area (Å²) >= 11 is 0. The predicted molar refractivity (Wildman–Crippen MR) is 163 cm³/mol. The van der Waals surface area contributed by atoms with Gasteiger partial charge in [-0.1, -0.05) is 51.5 Å². The van der Waals surface area contributed by atoms with Gasteiger partial charge in [-0.15, -0.1) is 0 Å². The summed E-state index contributed by atoms with van der Waals surface area (Å²) in [5.74, 6) is 0.468. The molecule has 0 spiro atoms. The second kappa shape index (κ2) is 13.3. The topological polar surface area (TPSA) is 97.9 Å². The summed E-state index contributed by atoms with van der Waals surface area (Å²) < 4.78 is 42.2. The summed E-state index contributed by atoms with van der Waals surface area (Å²) in [6.45, 7) is 4.27. The van der Waals surface area contributed by atoms with Gasteiger partial charge in [0.25, 0.3) is 5.91 Å². The Morgan fingerprint density at radius 2 is 1.79 bits per heavy atom. The maximum atomic E-state index is 13.5. The van der Waals surface area contributed by atoms with Crippen LogP contribution in [-0.4, -0.2) is 33.3 Å². The first-order valence-electron chi connectivity index (χ1n) is 15.3. The van der Waals surface area contributed by atoms with Crippen molar-refractivity contribution < 1.29 is 18.0 Å². The third-order valence-electron chi connectivity index (χ3n) is 8.70. The molecule has 7 nitrogen and oxygen atoms in total. The van der Waals surface area contributed by atoms with Crippen molar-refractivity contribution in [3.05, 3.63) is 46.8 Å². The number of nitrogens with zero attached hydrogens (tertiary/aromatic N) is 3. The first-order chi connectivity index (χ1) is 20.0. The average Bonchev–Trinajstić information content (AvgIpc) is 3.33. The number of fused-ring (bicyclic) bond motifs is 1. The lowest BCUT2D eigenvalue weighted by atomic mass is 9.72. The summed E-state index contributed by atoms with van der Waals surface area (Å²) in [6.07, 6.45) is 9.35. The van der Waals surface area contributed by atoms with E-state index in [9.17, 15) is 18.0 Å². The average molecular weight is 587 g/mol. The number of carbonyl (C=O) groups is 1. The van der Waals surface area contributed by atoms with Crippen molar-refractivity contribution >= 4 is 28.3 Å². The van der Waals surface area contributed by atoms with Crippen LogP contribution >= 0.6 is 0 Å². The number of unbranched alkanes of at least 4 members (excludes halogenated alkanes) is 6. The van der Waals surface area contributed by atoms with Gasteiger partial charge in [0.1, 0.15) is 11.3 Å². The molecule has 0 saturated heterocycles. The fraction of sp³-hybridized carbons (Fsp3) is 0.594. The molecule has 10 heteroatoms. The molecule has 230 valence electrons. The molecule has 1 aromatic carbocycles. The van der Waals surface area contributed by atoms with E-state index < -0.39 is 17.4 Å². The number of benzene rings is 1. The molecule has 2 heterocycles. The van der Waals surface area contributed by atoms with Crippen LogP contribution in [0.5, 0.6) is 0 Å². The number of nitrogen functional groups attached to an aromatic ring is 1. The van der Waals surface area contributed by atoms with Crippen molar-refractivity contribution in [2.24, 2.45) is 7.05 Å². The Bertz CT molecular complexity index is 1370. The van der Waals surface area contributed by atoms with Crippen molar-refractivity contribution in [3.63, 3.8) is 0 Å². The zero-order chi connectivity index (χ0) is 30.5. The highest BCUT2D eigenvalue weighted by Crippen LogP contribution is 2.44. The van der Waals surface area contributed by atoms with Crippen LogP contribution in [-0.2, 0) is 19.6 Å². The van der Waals surface area contributed by atoms with Crippen molar-refractivity contribution in [2.45, 2.75) is 109 Å². The van der Waals surface area contributed by atoms with Crippen LogP contribution < -0.4 is 16.4 Å². The van der Waals surface area contributed by atoms with Crippen LogP contribution in [0.2, 0.25) is 0 Å². The molecule has 42 heavy (non-hydrogen) atoms. The molecule has 1 saturated carbocycles. The van der Waals surface area contributed by atoms with E-state index in [4.69, 9.17) is 5.73 Å². The van der Waals surface area contributed by atoms with Crippen LogP contribution in [0.1, 0.15) is 118 Å². The highest BCUT2D eigenvalue weighted by Gasteiger charge is 2.37. The van der Waals surface area contributed by atoms with E-state index >= 15 is 0 Å². The summed E-state index contributed by atoms with van der Waals surface area (Å²) in [6, 6.07) is 4.63. The fourth-order valence-corrected chi connectivity index (χ4v) is 6.38. The zero-order valence-corrected chi connectivity index (χ0v) is 25.3. The minimum absolute atomic E-state index is 0.116. The van der Waals surface area contributed by atoms with Crippen LogP contribution in [0, 0.1) is 0 Å². The number of pyridine rings is 1. The molecule has 1 aliphatic rings. The third kappa shape index (κ3) is 7.36. The number of rotatable bonds is 12. The normalized spacial score (nSPS) is 19.3.